The number of nitrogens with one attached hydrogen (secondary N) is 2. The van der Waals surface area contributed by atoms with Crippen molar-refractivity contribution in [2.45, 2.75) is 26.3 Å². The van der Waals surface area contributed by atoms with E-state index >= 15 is 0 Å². The number of benzene rings is 1. The molecule has 2 aromatic rings. The molecule has 5 nitrogen and oxygen atoms in total. The third-order valence-electron chi connectivity index (χ3n) is 3.52. The van der Waals surface area contributed by atoms with Crippen LogP contribution in [0.3, 0.4) is 0 Å². The van der Waals surface area contributed by atoms with Crippen molar-refractivity contribution in [2.75, 3.05) is 17.2 Å². The normalized spacial score (nSPS) is 15.1. The Bertz CT molecular complexity index is 774. The van der Waals surface area contributed by atoms with Crippen LogP contribution in [0.4, 0.5) is 11.5 Å². The number of fused-ring (bicyclic) bond motifs is 1. The summed E-state index contributed by atoms with van der Waals surface area (Å²) >= 11 is 6.31. The van der Waals surface area contributed by atoms with E-state index < -0.39 is 0 Å². The van der Waals surface area contributed by atoms with Gasteiger partial charge in [-0.25, -0.2) is 4.98 Å². The lowest BCUT2D eigenvalue weighted by Gasteiger charge is -2.34. The van der Waals surface area contributed by atoms with E-state index in [0.717, 1.165) is 22.6 Å². The van der Waals surface area contributed by atoms with Crippen LogP contribution in [0.2, 0.25) is 5.02 Å². The zero-order valence-corrected chi connectivity index (χ0v) is 14.0. The highest BCUT2D eigenvalue weighted by Crippen LogP contribution is 2.43. The molecule has 1 aromatic heterocycles. The summed E-state index contributed by atoms with van der Waals surface area (Å²) in [7, 11) is 0. The third kappa shape index (κ3) is 3.24. The summed E-state index contributed by atoms with van der Waals surface area (Å²) in [6, 6.07) is 7.62. The quantitative estimate of drug-likeness (QED) is 0.874. The van der Waals surface area contributed by atoms with Crippen molar-refractivity contribution in [3.05, 3.63) is 35.5 Å². The topological polar surface area (TPSA) is 63.2 Å². The molecule has 0 bridgehead atoms. The molecule has 0 saturated heterocycles. The summed E-state index contributed by atoms with van der Waals surface area (Å²) in [6.45, 7) is 6.15. The van der Waals surface area contributed by atoms with E-state index in [9.17, 15) is 4.79 Å². The molecule has 0 unspecified atom stereocenters. The minimum Gasteiger partial charge on any atom is -0.488 e. The van der Waals surface area contributed by atoms with Crippen LogP contribution in [0.25, 0.3) is 11.1 Å². The Hall–Kier alpha value is -2.27. The molecule has 0 spiro atoms. The number of pyridine rings is 1. The predicted molar refractivity (Wildman–Crippen MR) is 92.2 cm³/mol. The van der Waals surface area contributed by atoms with E-state index in [1.807, 2.05) is 18.2 Å². The van der Waals surface area contributed by atoms with Gasteiger partial charge in [0.05, 0.1) is 16.2 Å². The Balaban J connectivity index is 2.08. The average molecular weight is 332 g/mol. The number of ether oxygens (including phenoxy) is 1. The van der Waals surface area contributed by atoms with Crippen LogP contribution < -0.4 is 15.4 Å². The van der Waals surface area contributed by atoms with E-state index in [1.54, 1.807) is 6.07 Å². The Morgan fingerprint density at radius 3 is 2.91 bits per heavy atom. The predicted octanol–water partition coefficient (Wildman–Crippen LogP) is 3.94. The van der Waals surface area contributed by atoms with Gasteiger partial charge in [-0.1, -0.05) is 23.7 Å². The van der Waals surface area contributed by atoms with Gasteiger partial charge in [0.1, 0.15) is 18.2 Å². The molecule has 0 atom stereocenters. The number of carbonyl (C=O) groups excluding carboxylic acids is 1. The number of aromatic nitrogens is 1. The second-order valence-electron chi connectivity index (χ2n) is 6.21. The second kappa shape index (κ2) is 5.74. The van der Waals surface area contributed by atoms with Crippen molar-refractivity contribution in [2.24, 2.45) is 0 Å². The fourth-order valence-electron chi connectivity index (χ4n) is 2.55. The monoisotopic (exact) mass is 331 g/mol. The number of anilines is 2. The molecule has 1 amide bonds. The highest BCUT2D eigenvalue weighted by atomic mass is 35.5. The van der Waals surface area contributed by atoms with E-state index in [1.165, 1.54) is 13.1 Å². The van der Waals surface area contributed by atoms with E-state index in [2.05, 4.69) is 29.5 Å². The molecule has 1 aliphatic heterocycles. The molecular formula is C17H18ClN3O2. The summed E-state index contributed by atoms with van der Waals surface area (Å²) < 4.78 is 5.97. The molecule has 120 valence electrons. The van der Waals surface area contributed by atoms with Crippen LogP contribution >= 0.6 is 11.6 Å². The first-order chi connectivity index (χ1) is 10.9. The zero-order chi connectivity index (χ0) is 16.6. The number of nitrogens with zero attached hydrogens (tertiary/aromatic N) is 1. The molecule has 23 heavy (non-hydrogen) atoms. The number of carbonyl (C=O) groups is 1. The average Bonchev–Trinajstić information content (AvgIpc) is 2.47. The van der Waals surface area contributed by atoms with Crippen LogP contribution in [0, 0.1) is 0 Å². The zero-order valence-electron chi connectivity index (χ0n) is 13.2. The molecule has 0 radical (unpaired) electrons. The summed E-state index contributed by atoms with van der Waals surface area (Å²) in [4.78, 5) is 15.4. The fourth-order valence-corrected chi connectivity index (χ4v) is 2.76. The van der Waals surface area contributed by atoms with Gasteiger partial charge in [-0.15, -0.1) is 0 Å². The van der Waals surface area contributed by atoms with Crippen LogP contribution in [0.1, 0.15) is 20.8 Å². The van der Waals surface area contributed by atoms with Crippen LogP contribution in [-0.4, -0.2) is 23.0 Å². The number of hydrogen-bond donors (Lipinski definition) is 2. The van der Waals surface area contributed by atoms with E-state index in [4.69, 9.17) is 16.3 Å². The van der Waals surface area contributed by atoms with Gasteiger partial charge < -0.3 is 15.4 Å². The summed E-state index contributed by atoms with van der Waals surface area (Å²) in [5, 5.41) is 6.63. The molecule has 1 aromatic carbocycles. The Morgan fingerprint density at radius 2 is 2.17 bits per heavy atom. The lowest BCUT2D eigenvalue weighted by molar-refractivity contribution is -0.114. The minimum atomic E-state index is -0.180. The number of halogens is 1. The van der Waals surface area contributed by atoms with E-state index in [0.29, 0.717) is 17.4 Å². The van der Waals surface area contributed by atoms with Crippen LogP contribution in [-0.2, 0) is 4.79 Å². The molecule has 6 heteroatoms. The lowest BCUT2D eigenvalue weighted by atomic mass is 9.99. The van der Waals surface area contributed by atoms with Crippen molar-refractivity contribution in [1.29, 1.82) is 0 Å². The maximum Gasteiger partial charge on any atom is 0.222 e. The van der Waals surface area contributed by atoms with Crippen molar-refractivity contribution in [3.63, 3.8) is 0 Å². The fraction of sp³-hybridized carbons (Fsp3) is 0.294. The molecule has 1 aliphatic rings. The van der Waals surface area contributed by atoms with Gasteiger partial charge in [0.2, 0.25) is 5.91 Å². The van der Waals surface area contributed by atoms with Crippen LogP contribution in [0.15, 0.2) is 30.5 Å². The van der Waals surface area contributed by atoms with Crippen molar-refractivity contribution in [1.82, 2.24) is 4.98 Å². The molecule has 0 fully saturated rings. The number of para-hydroxylation sites is 1. The van der Waals surface area contributed by atoms with Gasteiger partial charge in [-0.2, -0.15) is 0 Å². The maximum absolute atomic E-state index is 11.2. The maximum atomic E-state index is 11.2. The molecule has 2 heterocycles. The molecule has 3 rings (SSSR count). The highest BCUT2D eigenvalue weighted by molar-refractivity contribution is 6.33. The molecular weight excluding hydrogens is 314 g/mol. The first kappa shape index (κ1) is 15.6. The SMILES string of the molecule is CC(=O)Nc1cc(-c2cccc3c2OCC(C)(C)N3)c(Cl)cn1. The molecule has 2 N–H and O–H groups in total. The van der Waals surface area contributed by atoms with Gasteiger partial charge in [-0.05, 0) is 26.0 Å². The largest absolute Gasteiger partial charge is 0.488 e. The third-order valence-corrected chi connectivity index (χ3v) is 3.82. The molecule has 0 aliphatic carbocycles. The van der Waals surface area contributed by atoms with Crippen molar-refractivity contribution >= 4 is 29.0 Å². The summed E-state index contributed by atoms with van der Waals surface area (Å²) in [5.74, 6) is 1.04. The van der Waals surface area contributed by atoms with Gasteiger partial charge in [0.25, 0.3) is 0 Å². The Kier molecular flexibility index (Phi) is 3.90. The summed E-state index contributed by atoms with van der Waals surface area (Å²) in [6.07, 6.45) is 1.53. The summed E-state index contributed by atoms with van der Waals surface area (Å²) in [5.41, 5.74) is 2.43. The van der Waals surface area contributed by atoms with Gasteiger partial charge >= 0.3 is 0 Å². The smallest absolute Gasteiger partial charge is 0.222 e. The number of amides is 1. The minimum absolute atomic E-state index is 0.130. The van der Waals surface area contributed by atoms with E-state index in [-0.39, 0.29) is 11.4 Å². The number of hydrogen-bond acceptors (Lipinski definition) is 4. The number of rotatable bonds is 2. The highest BCUT2D eigenvalue weighted by Gasteiger charge is 2.27. The Labute approximate surface area is 140 Å². The van der Waals surface area contributed by atoms with Crippen molar-refractivity contribution in [3.8, 4) is 16.9 Å². The standard InChI is InChI=1S/C17H18ClN3O2/c1-10(22)20-15-7-12(13(18)8-19-15)11-5-4-6-14-16(11)23-9-17(2,3)21-14/h4-8,21H,9H2,1-3H3,(H,19,20,22). The van der Waals surface area contributed by atoms with Crippen molar-refractivity contribution < 1.29 is 9.53 Å². The Morgan fingerprint density at radius 1 is 1.39 bits per heavy atom. The first-order valence-electron chi connectivity index (χ1n) is 7.33. The van der Waals surface area contributed by atoms with Crippen LogP contribution in [0.5, 0.6) is 5.75 Å². The lowest BCUT2D eigenvalue weighted by Crippen LogP contribution is -2.41. The van der Waals surface area contributed by atoms with Gasteiger partial charge in [0, 0.05) is 24.2 Å². The molecule has 0 saturated carbocycles. The first-order valence-corrected chi connectivity index (χ1v) is 7.71. The second-order valence-corrected chi connectivity index (χ2v) is 6.62. The van der Waals surface area contributed by atoms with Gasteiger partial charge in [0.15, 0.2) is 0 Å². The van der Waals surface area contributed by atoms with Gasteiger partial charge in [-0.3, -0.25) is 4.79 Å².